The number of methoxy groups -OCH3 is 1. The molecule has 0 spiro atoms. The Bertz CT molecular complexity index is 806. The number of esters is 1. The highest BCUT2D eigenvalue weighted by Gasteiger charge is 2.24. The van der Waals surface area contributed by atoms with Gasteiger partial charge in [-0.15, -0.1) is 5.10 Å². The number of amides is 1. The lowest BCUT2D eigenvalue weighted by molar-refractivity contribution is -0.135. The van der Waals surface area contributed by atoms with Crippen molar-refractivity contribution in [1.29, 1.82) is 0 Å². The summed E-state index contributed by atoms with van der Waals surface area (Å²) in [7, 11) is 1.22. The first-order valence-electron chi connectivity index (χ1n) is 8.20. The van der Waals surface area contributed by atoms with Gasteiger partial charge in [-0.25, -0.2) is 9.18 Å². The van der Waals surface area contributed by atoms with E-state index in [4.69, 9.17) is 4.74 Å². The number of hydrogen-bond acceptors (Lipinski definition) is 7. The smallest absolute Gasteiger partial charge is 0.331 e. The van der Waals surface area contributed by atoms with Crippen molar-refractivity contribution in [1.82, 2.24) is 5.32 Å². The number of nitrogens with zero attached hydrogens (tertiary/aromatic N) is 2. The van der Waals surface area contributed by atoms with Gasteiger partial charge in [0.2, 0.25) is 0 Å². The zero-order valence-electron chi connectivity index (χ0n) is 15.2. The van der Waals surface area contributed by atoms with Crippen molar-refractivity contribution in [2.75, 3.05) is 13.7 Å². The second-order valence-electron chi connectivity index (χ2n) is 5.99. The zero-order valence-corrected chi connectivity index (χ0v) is 16.0. The summed E-state index contributed by atoms with van der Waals surface area (Å²) in [6, 6.07) is 4.25. The van der Waals surface area contributed by atoms with Crippen LogP contribution in [0.5, 0.6) is 5.75 Å². The molecule has 1 heterocycles. The van der Waals surface area contributed by atoms with E-state index in [0.717, 1.165) is 24.3 Å². The summed E-state index contributed by atoms with van der Waals surface area (Å²) in [6.07, 6.45) is 3.28. The van der Waals surface area contributed by atoms with Gasteiger partial charge in [0, 0.05) is 17.7 Å². The lowest BCUT2D eigenvalue weighted by atomic mass is 10.1. The molecule has 0 aliphatic carbocycles. The van der Waals surface area contributed by atoms with Crippen molar-refractivity contribution in [3.63, 3.8) is 0 Å². The molecule has 0 saturated carbocycles. The predicted molar refractivity (Wildman–Crippen MR) is 102 cm³/mol. The van der Waals surface area contributed by atoms with Gasteiger partial charge in [-0.2, -0.15) is 5.10 Å². The Balaban J connectivity index is 2.02. The first-order chi connectivity index (χ1) is 12.9. The maximum atomic E-state index is 13.7. The summed E-state index contributed by atoms with van der Waals surface area (Å²) in [4.78, 5) is 23.0. The van der Waals surface area contributed by atoms with Gasteiger partial charge in [-0.3, -0.25) is 10.1 Å². The quantitative estimate of drug-likeness (QED) is 0.333. The zero-order chi connectivity index (χ0) is 19.8. The van der Waals surface area contributed by atoms with Gasteiger partial charge in [0.15, 0.2) is 5.17 Å². The van der Waals surface area contributed by atoms with Crippen molar-refractivity contribution in [3.8, 4) is 5.75 Å². The highest BCUT2D eigenvalue weighted by atomic mass is 32.2. The van der Waals surface area contributed by atoms with Gasteiger partial charge >= 0.3 is 5.97 Å². The molecule has 0 bridgehead atoms. The van der Waals surface area contributed by atoms with E-state index in [1.54, 1.807) is 6.07 Å². The molecular weight excluding hydrogens is 373 g/mol. The Morgan fingerprint density at radius 3 is 2.85 bits per heavy atom. The first kappa shape index (κ1) is 20.6. The largest absolute Gasteiger partial charge is 0.493 e. The summed E-state index contributed by atoms with van der Waals surface area (Å²) in [5, 5.41) is 10.4. The van der Waals surface area contributed by atoms with Gasteiger partial charge < -0.3 is 9.47 Å². The lowest BCUT2D eigenvalue weighted by Gasteiger charge is -2.08. The molecule has 1 amide bonds. The van der Waals surface area contributed by atoms with Crippen molar-refractivity contribution < 1.29 is 23.5 Å². The first-order valence-corrected chi connectivity index (χ1v) is 9.02. The minimum absolute atomic E-state index is 0.155. The van der Waals surface area contributed by atoms with Crippen LogP contribution in [0, 0.1) is 11.7 Å². The molecule has 1 N–H and O–H groups in total. The summed E-state index contributed by atoms with van der Waals surface area (Å²) < 4.78 is 23.7. The molecule has 1 aliphatic rings. The molecule has 1 aromatic carbocycles. The van der Waals surface area contributed by atoms with Crippen LogP contribution in [-0.2, 0) is 14.3 Å². The SMILES string of the molecule is COC(=O)/C=C1/S/C(=N\N=Cc2cc(F)cc(OCCC(C)C)c2)NC1=O. The number of benzene rings is 1. The number of carbonyl (C=O) groups excluding carboxylic acids is 2. The van der Waals surface area contributed by atoms with Gasteiger partial charge in [0.25, 0.3) is 5.91 Å². The van der Waals surface area contributed by atoms with Crippen molar-refractivity contribution in [2.45, 2.75) is 20.3 Å². The number of thioether (sulfide) groups is 1. The van der Waals surface area contributed by atoms with Gasteiger partial charge in [0.05, 0.1) is 24.8 Å². The fraction of sp³-hybridized carbons (Fsp3) is 0.333. The van der Waals surface area contributed by atoms with Crippen molar-refractivity contribution in [2.24, 2.45) is 16.1 Å². The highest BCUT2D eigenvalue weighted by Crippen LogP contribution is 2.23. The molecular formula is C18H20FN3O4S. The van der Waals surface area contributed by atoms with E-state index in [2.05, 4.69) is 34.1 Å². The Morgan fingerprint density at radius 2 is 2.15 bits per heavy atom. The molecule has 1 fully saturated rings. The minimum Gasteiger partial charge on any atom is -0.493 e. The van der Waals surface area contributed by atoms with E-state index in [1.807, 2.05) is 0 Å². The van der Waals surface area contributed by atoms with E-state index in [-0.39, 0.29) is 10.1 Å². The molecule has 9 heteroatoms. The number of amidine groups is 1. The topological polar surface area (TPSA) is 89.3 Å². The van der Waals surface area contributed by atoms with E-state index < -0.39 is 17.7 Å². The van der Waals surface area contributed by atoms with Gasteiger partial charge in [-0.05, 0) is 36.2 Å². The highest BCUT2D eigenvalue weighted by molar-refractivity contribution is 8.18. The average molecular weight is 393 g/mol. The third-order valence-corrected chi connectivity index (χ3v) is 4.21. The van der Waals surface area contributed by atoms with Crippen molar-refractivity contribution >= 4 is 35.0 Å². The second kappa shape index (κ2) is 9.86. The standard InChI is InChI=1S/C18H20FN3O4S/c1-11(2)4-5-26-14-7-12(6-13(19)8-14)10-20-22-18-21-17(24)15(27-18)9-16(23)25-3/h6-11H,4-5H2,1-3H3,(H,21,22,24)/b15-9+,20-10?. The number of rotatable bonds is 7. The Kier molecular flexibility index (Phi) is 7.54. The van der Waals surface area contributed by atoms with Crippen molar-refractivity contribution in [3.05, 3.63) is 40.6 Å². The molecule has 1 aromatic rings. The molecule has 7 nitrogen and oxygen atoms in total. The van der Waals surface area contributed by atoms with Crippen LogP contribution in [0.4, 0.5) is 4.39 Å². The van der Waals surface area contributed by atoms with Crippen LogP contribution in [0.1, 0.15) is 25.8 Å². The number of halogens is 1. The van der Waals surface area contributed by atoms with Crippen LogP contribution in [-0.4, -0.2) is 37.0 Å². The Hall–Kier alpha value is -2.68. The molecule has 0 aromatic heterocycles. The Morgan fingerprint density at radius 1 is 1.37 bits per heavy atom. The van der Waals surface area contributed by atoms with Crippen LogP contribution in [0.3, 0.4) is 0 Å². The third-order valence-electron chi connectivity index (χ3n) is 3.31. The molecule has 0 radical (unpaired) electrons. The molecule has 0 atom stereocenters. The number of carbonyl (C=O) groups is 2. The fourth-order valence-electron chi connectivity index (χ4n) is 1.94. The van der Waals surface area contributed by atoms with Gasteiger partial charge in [-0.1, -0.05) is 13.8 Å². The Labute approximate surface area is 160 Å². The maximum absolute atomic E-state index is 13.7. The third kappa shape index (κ3) is 6.86. The predicted octanol–water partition coefficient (Wildman–Crippen LogP) is 2.86. The molecule has 144 valence electrons. The summed E-state index contributed by atoms with van der Waals surface area (Å²) >= 11 is 0.955. The monoisotopic (exact) mass is 393 g/mol. The van der Waals surface area contributed by atoms with E-state index >= 15 is 0 Å². The average Bonchev–Trinajstić information content (AvgIpc) is 2.93. The fourth-order valence-corrected chi connectivity index (χ4v) is 2.68. The van der Waals surface area contributed by atoms with Gasteiger partial charge in [0.1, 0.15) is 11.6 Å². The van der Waals surface area contributed by atoms with Crippen LogP contribution >= 0.6 is 11.8 Å². The number of ether oxygens (including phenoxy) is 2. The van der Waals surface area contributed by atoms with E-state index in [9.17, 15) is 14.0 Å². The maximum Gasteiger partial charge on any atom is 0.331 e. The number of nitrogens with one attached hydrogen (secondary N) is 1. The van der Waals surface area contributed by atoms with Crippen LogP contribution in [0.2, 0.25) is 0 Å². The normalized spacial score (nSPS) is 17.1. The van der Waals surface area contributed by atoms with Crippen LogP contribution in [0.15, 0.2) is 39.4 Å². The molecule has 27 heavy (non-hydrogen) atoms. The molecule has 1 aliphatic heterocycles. The number of hydrogen-bond donors (Lipinski definition) is 1. The molecule has 2 rings (SSSR count). The lowest BCUT2D eigenvalue weighted by Crippen LogP contribution is -2.19. The van der Waals surface area contributed by atoms with E-state index in [0.29, 0.717) is 23.8 Å². The summed E-state index contributed by atoms with van der Waals surface area (Å²) in [6.45, 7) is 4.66. The minimum atomic E-state index is -0.637. The second-order valence-corrected chi connectivity index (χ2v) is 7.02. The van der Waals surface area contributed by atoms with E-state index in [1.165, 1.54) is 25.5 Å². The summed E-state index contributed by atoms with van der Waals surface area (Å²) in [5.41, 5.74) is 0.471. The van der Waals surface area contributed by atoms with Crippen LogP contribution in [0.25, 0.3) is 0 Å². The molecule has 0 unspecified atom stereocenters. The summed E-state index contributed by atoms with van der Waals surface area (Å²) in [5.74, 6) is -0.643. The molecule has 1 saturated heterocycles. The van der Waals surface area contributed by atoms with Crippen LogP contribution < -0.4 is 10.1 Å².